The Morgan fingerprint density at radius 3 is 2.47 bits per heavy atom. The van der Waals surface area contributed by atoms with Crippen molar-refractivity contribution < 1.29 is 0 Å². The molecule has 1 fully saturated rings. The van der Waals surface area contributed by atoms with E-state index >= 15 is 0 Å². The van der Waals surface area contributed by atoms with Crippen LogP contribution in [-0.4, -0.2) is 30.4 Å². The highest BCUT2D eigenvalue weighted by atomic mass is 15.1. The van der Waals surface area contributed by atoms with E-state index in [-0.39, 0.29) is 0 Å². The van der Waals surface area contributed by atoms with Gasteiger partial charge in [-0.25, -0.2) is 4.99 Å². The van der Waals surface area contributed by atoms with Crippen molar-refractivity contribution >= 4 is 6.34 Å². The van der Waals surface area contributed by atoms with E-state index in [1.165, 1.54) is 19.2 Å². The Bertz CT molecular complexity index is 295. The second kappa shape index (κ2) is 7.28. The first-order valence-electron chi connectivity index (χ1n) is 6.50. The van der Waals surface area contributed by atoms with Gasteiger partial charge in [0.1, 0.15) is 0 Å². The summed E-state index contributed by atoms with van der Waals surface area (Å²) >= 11 is 0. The molecule has 1 aliphatic heterocycles. The highest BCUT2D eigenvalue weighted by molar-refractivity contribution is 5.53. The lowest BCUT2D eigenvalue weighted by atomic mass is 9.92. The minimum Gasteiger partial charge on any atom is -0.390 e. The van der Waals surface area contributed by atoms with Crippen molar-refractivity contribution in [2.75, 3.05) is 13.1 Å². The minimum absolute atomic E-state index is 0.556. The van der Waals surface area contributed by atoms with Gasteiger partial charge in [-0.3, -0.25) is 0 Å². The van der Waals surface area contributed by atoms with Crippen LogP contribution < -0.4 is 5.73 Å². The first kappa shape index (κ1) is 14.0. The normalized spacial score (nSPS) is 21.1. The molecular weight excluding hydrogens is 210 g/mol. The molecule has 0 spiro atoms. The zero-order valence-electron chi connectivity index (χ0n) is 11.3. The van der Waals surface area contributed by atoms with Crippen molar-refractivity contribution in [1.29, 1.82) is 0 Å². The van der Waals surface area contributed by atoms with Gasteiger partial charge in [0.05, 0.1) is 6.34 Å². The lowest BCUT2D eigenvalue weighted by Crippen LogP contribution is -2.38. The zero-order chi connectivity index (χ0) is 12.7. The quantitative estimate of drug-likeness (QED) is 0.462. The summed E-state index contributed by atoms with van der Waals surface area (Å²) in [5, 5.41) is 0. The van der Waals surface area contributed by atoms with E-state index < -0.39 is 0 Å². The number of piperidine rings is 1. The zero-order valence-corrected chi connectivity index (χ0v) is 11.3. The Morgan fingerprint density at radius 1 is 1.35 bits per heavy atom. The van der Waals surface area contributed by atoms with E-state index in [2.05, 4.69) is 29.8 Å². The van der Waals surface area contributed by atoms with Crippen LogP contribution in [0.3, 0.4) is 0 Å². The fourth-order valence-electron chi connectivity index (χ4n) is 2.28. The molecular formula is C14H25N3. The predicted octanol–water partition coefficient (Wildman–Crippen LogP) is 2.55. The van der Waals surface area contributed by atoms with Crippen LogP contribution in [0, 0.1) is 5.92 Å². The third kappa shape index (κ3) is 4.35. The number of allylic oxidation sites excluding steroid dienone is 4. The second-order valence-corrected chi connectivity index (χ2v) is 4.80. The van der Waals surface area contributed by atoms with Crippen LogP contribution in [0.2, 0.25) is 0 Å². The van der Waals surface area contributed by atoms with Gasteiger partial charge in [0.2, 0.25) is 0 Å². The summed E-state index contributed by atoms with van der Waals surface area (Å²) in [6.07, 6.45) is 9.91. The van der Waals surface area contributed by atoms with E-state index in [0.717, 1.165) is 18.8 Å². The molecule has 0 aliphatic carbocycles. The maximum Gasteiger partial charge on any atom is 0.0856 e. The Labute approximate surface area is 105 Å². The Balaban J connectivity index is 2.61. The standard InChI is InChI=1S/C14H25N3/c1-4-5-6-14(16-11-15)13-7-9-17(10-8-13)12(2)3/h4-6,11-13H,7-10H2,1-3H3,(H2,15,16)/b5-4-,14-6-. The van der Waals surface area contributed by atoms with Gasteiger partial charge in [-0.1, -0.05) is 12.2 Å². The second-order valence-electron chi connectivity index (χ2n) is 4.80. The maximum atomic E-state index is 5.42. The Morgan fingerprint density at radius 2 is 2.00 bits per heavy atom. The van der Waals surface area contributed by atoms with Gasteiger partial charge in [-0.05, 0) is 52.8 Å². The third-order valence-electron chi connectivity index (χ3n) is 3.36. The average Bonchev–Trinajstić information content (AvgIpc) is 2.34. The van der Waals surface area contributed by atoms with E-state index in [0.29, 0.717) is 12.0 Å². The fourth-order valence-corrected chi connectivity index (χ4v) is 2.28. The number of likely N-dealkylation sites (tertiary alicyclic amines) is 1. The SMILES string of the molecule is C/C=C\C=C(/N=CN)C1CCN(C(C)C)CC1. The topological polar surface area (TPSA) is 41.6 Å². The molecule has 0 atom stereocenters. The number of rotatable bonds is 4. The summed E-state index contributed by atoms with van der Waals surface area (Å²) in [6.45, 7) is 8.86. The first-order valence-corrected chi connectivity index (χ1v) is 6.50. The number of nitrogens with two attached hydrogens (primary N) is 1. The highest BCUT2D eigenvalue weighted by Gasteiger charge is 2.22. The molecule has 1 rings (SSSR count). The van der Waals surface area contributed by atoms with Crippen LogP contribution in [0.4, 0.5) is 0 Å². The molecule has 1 aliphatic rings. The molecule has 0 amide bonds. The van der Waals surface area contributed by atoms with E-state index in [4.69, 9.17) is 5.73 Å². The average molecular weight is 235 g/mol. The summed E-state index contributed by atoms with van der Waals surface area (Å²) in [7, 11) is 0. The van der Waals surface area contributed by atoms with Crippen LogP contribution in [0.15, 0.2) is 28.9 Å². The number of aliphatic imine (C=N–C) groups is 1. The van der Waals surface area contributed by atoms with Gasteiger partial charge in [0.15, 0.2) is 0 Å². The van der Waals surface area contributed by atoms with Gasteiger partial charge in [-0.2, -0.15) is 0 Å². The van der Waals surface area contributed by atoms with Crippen LogP contribution in [-0.2, 0) is 0 Å². The van der Waals surface area contributed by atoms with Gasteiger partial charge in [0.25, 0.3) is 0 Å². The van der Waals surface area contributed by atoms with Crippen molar-refractivity contribution in [3.05, 3.63) is 23.9 Å². The molecule has 0 aromatic carbocycles. The minimum atomic E-state index is 0.556. The Kier molecular flexibility index (Phi) is 5.98. The van der Waals surface area contributed by atoms with Crippen LogP contribution in [0.25, 0.3) is 0 Å². The van der Waals surface area contributed by atoms with Crippen molar-refractivity contribution in [3.8, 4) is 0 Å². The molecule has 0 unspecified atom stereocenters. The van der Waals surface area contributed by atoms with Crippen LogP contribution in [0.5, 0.6) is 0 Å². The fraction of sp³-hybridized carbons (Fsp3) is 0.643. The van der Waals surface area contributed by atoms with Crippen molar-refractivity contribution in [2.45, 2.75) is 39.7 Å². The van der Waals surface area contributed by atoms with Crippen molar-refractivity contribution in [3.63, 3.8) is 0 Å². The largest absolute Gasteiger partial charge is 0.390 e. The van der Waals surface area contributed by atoms with Gasteiger partial charge in [0, 0.05) is 17.7 Å². The summed E-state index contributed by atoms with van der Waals surface area (Å²) in [6, 6.07) is 0.650. The van der Waals surface area contributed by atoms with Crippen molar-refractivity contribution in [1.82, 2.24) is 4.90 Å². The molecule has 2 N–H and O–H groups in total. The molecule has 1 heterocycles. The summed E-state index contributed by atoms with van der Waals surface area (Å²) in [5.74, 6) is 0.556. The molecule has 96 valence electrons. The molecule has 1 saturated heterocycles. The third-order valence-corrected chi connectivity index (χ3v) is 3.36. The molecule has 0 bridgehead atoms. The van der Waals surface area contributed by atoms with E-state index in [9.17, 15) is 0 Å². The molecule has 0 radical (unpaired) electrons. The van der Waals surface area contributed by atoms with Crippen LogP contribution >= 0.6 is 0 Å². The first-order chi connectivity index (χ1) is 8.19. The van der Waals surface area contributed by atoms with Crippen molar-refractivity contribution in [2.24, 2.45) is 16.6 Å². The predicted molar refractivity (Wildman–Crippen MR) is 75.0 cm³/mol. The summed E-state index contributed by atoms with van der Waals surface area (Å²) in [5.41, 5.74) is 6.54. The number of nitrogens with zero attached hydrogens (tertiary/aromatic N) is 2. The number of hydrogen-bond acceptors (Lipinski definition) is 2. The van der Waals surface area contributed by atoms with Gasteiger partial charge < -0.3 is 10.6 Å². The molecule has 3 heteroatoms. The maximum absolute atomic E-state index is 5.42. The van der Waals surface area contributed by atoms with Crippen LogP contribution in [0.1, 0.15) is 33.6 Å². The summed E-state index contributed by atoms with van der Waals surface area (Å²) in [4.78, 5) is 6.82. The molecule has 0 aromatic heterocycles. The molecule has 3 nitrogen and oxygen atoms in total. The Hall–Kier alpha value is -1.09. The highest BCUT2D eigenvalue weighted by Crippen LogP contribution is 2.26. The molecule has 0 aromatic rings. The summed E-state index contributed by atoms with van der Waals surface area (Å²) < 4.78 is 0. The lowest BCUT2D eigenvalue weighted by molar-refractivity contribution is 0.160. The monoisotopic (exact) mass is 235 g/mol. The lowest BCUT2D eigenvalue weighted by Gasteiger charge is -2.34. The van der Waals surface area contributed by atoms with E-state index in [1.54, 1.807) is 0 Å². The smallest absolute Gasteiger partial charge is 0.0856 e. The number of hydrogen-bond donors (Lipinski definition) is 1. The molecule has 0 saturated carbocycles. The molecule has 17 heavy (non-hydrogen) atoms. The van der Waals surface area contributed by atoms with E-state index in [1.807, 2.05) is 19.1 Å². The van der Waals surface area contributed by atoms with Gasteiger partial charge in [-0.15, -0.1) is 0 Å². The van der Waals surface area contributed by atoms with Gasteiger partial charge >= 0.3 is 0 Å².